The Bertz CT molecular complexity index is 1260. The number of anilines is 2. The Morgan fingerprint density at radius 3 is 2.48 bits per heavy atom. The zero-order valence-corrected chi connectivity index (χ0v) is 20.6. The molecule has 176 valence electrons. The minimum absolute atomic E-state index is 0.159. The fourth-order valence-corrected chi connectivity index (χ4v) is 4.64. The molecule has 11 heteroatoms. The number of hydrogen-bond donors (Lipinski definition) is 2. The fourth-order valence-electron chi connectivity index (χ4n) is 2.97. The van der Waals surface area contributed by atoms with Gasteiger partial charge < -0.3 is 20.1 Å². The molecule has 2 aromatic carbocycles. The number of hydrogen-bond acceptors (Lipinski definition) is 8. The van der Waals surface area contributed by atoms with Gasteiger partial charge in [-0.25, -0.2) is 17.7 Å². The van der Waals surface area contributed by atoms with Crippen LogP contribution in [-0.2, 0) is 14.8 Å². The first kappa shape index (κ1) is 24.5. The standard InChI is InChI=1S/C22H26N4O5S2/c1-14-10-16(33(28,29)26(3)4)7-9-19(14)31-12-21(27)24-17-11-15(6-8-20(17)30-5)18-13-32-22(23-2)25-18/h6-11,13H,12H2,1-5H3,(H,23,25)(H,24,27). The number of thiazole rings is 1. The molecular weight excluding hydrogens is 464 g/mol. The number of methoxy groups -OCH3 is 1. The van der Waals surface area contributed by atoms with E-state index >= 15 is 0 Å². The van der Waals surface area contributed by atoms with E-state index in [9.17, 15) is 13.2 Å². The second kappa shape index (κ2) is 10.2. The van der Waals surface area contributed by atoms with Crippen LogP contribution in [0.15, 0.2) is 46.7 Å². The van der Waals surface area contributed by atoms with Gasteiger partial charge in [-0.05, 0) is 48.9 Å². The Kier molecular flexibility index (Phi) is 7.57. The smallest absolute Gasteiger partial charge is 0.262 e. The maximum Gasteiger partial charge on any atom is 0.262 e. The zero-order valence-electron chi connectivity index (χ0n) is 19.0. The molecule has 0 fully saturated rings. The third-order valence-corrected chi connectivity index (χ3v) is 7.44. The molecule has 9 nitrogen and oxygen atoms in total. The summed E-state index contributed by atoms with van der Waals surface area (Å²) in [5.41, 5.74) is 2.71. The average Bonchev–Trinajstić information content (AvgIpc) is 3.27. The molecule has 0 saturated heterocycles. The van der Waals surface area contributed by atoms with Gasteiger partial charge >= 0.3 is 0 Å². The lowest BCUT2D eigenvalue weighted by Gasteiger charge is -2.15. The first-order valence-corrected chi connectivity index (χ1v) is 12.2. The summed E-state index contributed by atoms with van der Waals surface area (Å²) < 4.78 is 36.7. The lowest BCUT2D eigenvalue weighted by atomic mass is 10.1. The van der Waals surface area contributed by atoms with Crippen LogP contribution in [-0.4, -0.2) is 58.5 Å². The summed E-state index contributed by atoms with van der Waals surface area (Å²) in [6.45, 7) is 1.47. The molecule has 0 aliphatic rings. The summed E-state index contributed by atoms with van der Waals surface area (Å²) in [7, 11) is 2.72. The number of sulfonamides is 1. The van der Waals surface area contributed by atoms with E-state index in [0.717, 1.165) is 20.7 Å². The highest BCUT2D eigenvalue weighted by Gasteiger charge is 2.18. The van der Waals surface area contributed by atoms with E-state index in [0.29, 0.717) is 22.7 Å². The minimum atomic E-state index is -3.55. The molecule has 0 atom stereocenters. The number of carbonyl (C=O) groups excluding carboxylic acids is 1. The highest BCUT2D eigenvalue weighted by Crippen LogP contribution is 2.32. The van der Waals surface area contributed by atoms with Crippen LogP contribution < -0.4 is 20.1 Å². The van der Waals surface area contributed by atoms with Gasteiger partial charge in [-0.2, -0.15) is 0 Å². The van der Waals surface area contributed by atoms with Gasteiger partial charge in [0.15, 0.2) is 11.7 Å². The van der Waals surface area contributed by atoms with Crippen molar-refractivity contribution in [2.24, 2.45) is 0 Å². The van der Waals surface area contributed by atoms with Crippen LogP contribution >= 0.6 is 11.3 Å². The molecule has 0 aliphatic carbocycles. The van der Waals surface area contributed by atoms with E-state index < -0.39 is 10.0 Å². The summed E-state index contributed by atoms with van der Waals surface area (Å²) in [4.78, 5) is 17.2. The SMILES string of the molecule is CNc1nc(-c2ccc(OC)c(NC(=O)COc3ccc(S(=O)(=O)N(C)C)cc3C)c2)cs1. The number of nitrogens with zero attached hydrogens (tertiary/aromatic N) is 2. The largest absolute Gasteiger partial charge is 0.495 e. The van der Waals surface area contributed by atoms with Gasteiger partial charge in [0.05, 0.1) is 23.4 Å². The van der Waals surface area contributed by atoms with Gasteiger partial charge in [-0.1, -0.05) is 0 Å². The van der Waals surface area contributed by atoms with E-state index in [2.05, 4.69) is 15.6 Å². The Balaban J connectivity index is 1.71. The molecule has 0 spiro atoms. The van der Waals surface area contributed by atoms with Crippen molar-refractivity contribution in [3.63, 3.8) is 0 Å². The number of aryl methyl sites for hydroxylation is 1. The van der Waals surface area contributed by atoms with Gasteiger partial charge in [0.2, 0.25) is 10.0 Å². The maximum absolute atomic E-state index is 12.6. The first-order valence-electron chi connectivity index (χ1n) is 9.93. The van der Waals surface area contributed by atoms with Crippen molar-refractivity contribution in [1.82, 2.24) is 9.29 Å². The summed E-state index contributed by atoms with van der Waals surface area (Å²) in [5, 5.41) is 8.52. The quantitative estimate of drug-likeness (QED) is 0.473. The molecule has 2 N–H and O–H groups in total. The van der Waals surface area contributed by atoms with E-state index in [1.165, 1.54) is 44.7 Å². The highest BCUT2D eigenvalue weighted by molar-refractivity contribution is 7.89. The Morgan fingerprint density at radius 2 is 1.88 bits per heavy atom. The number of benzene rings is 2. The minimum Gasteiger partial charge on any atom is -0.495 e. The molecule has 1 heterocycles. The van der Waals surface area contributed by atoms with Crippen LogP contribution in [0.3, 0.4) is 0 Å². The predicted molar refractivity (Wildman–Crippen MR) is 130 cm³/mol. The topological polar surface area (TPSA) is 110 Å². The molecule has 33 heavy (non-hydrogen) atoms. The van der Waals surface area contributed by atoms with Crippen molar-refractivity contribution < 1.29 is 22.7 Å². The molecule has 3 aromatic rings. The summed E-state index contributed by atoms with van der Waals surface area (Å²) in [6.07, 6.45) is 0. The molecule has 1 amide bonds. The highest BCUT2D eigenvalue weighted by atomic mass is 32.2. The van der Waals surface area contributed by atoms with Crippen LogP contribution in [0, 0.1) is 6.92 Å². The van der Waals surface area contributed by atoms with Crippen molar-refractivity contribution in [3.05, 3.63) is 47.3 Å². The molecule has 1 aromatic heterocycles. The maximum atomic E-state index is 12.6. The summed E-state index contributed by atoms with van der Waals surface area (Å²) in [6, 6.07) is 9.93. The number of nitrogens with one attached hydrogen (secondary N) is 2. The van der Waals surface area contributed by atoms with E-state index in [1.54, 1.807) is 32.2 Å². The van der Waals surface area contributed by atoms with E-state index in [-0.39, 0.29) is 17.4 Å². The number of aromatic nitrogens is 1. The molecule has 3 rings (SSSR count). The Hall–Kier alpha value is -3.15. The Morgan fingerprint density at radius 1 is 1.15 bits per heavy atom. The lowest BCUT2D eigenvalue weighted by molar-refractivity contribution is -0.118. The van der Waals surface area contributed by atoms with Crippen molar-refractivity contribution >= 4 is 38.1 Å². The zero-order chi connectivity index (χ0) is 24.2. The number of amides is 1. The van der Waals surface area contributed by atoms with Gasteiger partial charge in [0.25, 0.3) is 5.91 Å². The number of ether oxygens (including phenoxy) is 2. The van der Waals surface area contributed by atoms with Crippen LogP contribution in [0.4, 0.5) is 10.8 Å². The van der Waals surface area contributed by atoms with E-state index in [4.69, 9.17) is 9.47 Å². The van der Waals surface area contributed by atoms with Crippen molar-refractivity contribution in [2.75, 3.05) is 45.5 Å². The summed E-state index contributed by atoms with van der Waals surface area (Å²) in [5.74, 6) is 0.542. The second-order valence-corrected chi connectivity index (χ2v) is 10.3. The monoisotopic (exact) mass is 490 g/mol. The molecule has 0 aliphatic heterocycles. The molecule has 0 saturated carbocycles. The third-order valence-electron chi connectivity index (χ3n) is 4.77. The van der Waals surface area contributed by atoms with Gasteiger partial charge in [-0.15, -0.1) is 11.3 Å². The molecular formula is C22H26N4O5S2. The number of rotatable bonds is 9. The first-order chi connectivity index (χ1) is 15.6. The Labute approximate surface area is 197 Å². The van der Waals surface area contributed by atoms with Gasteiger partial charge in [0.1, 0.15) is 11.5 Å². The van der Waals surface area contributed by atoms with Crippen LogP contribution in [0.25, 0.3) is 11.3 Å². The normalized spacial score (nSPS) is 11.3. The van der Waals surface area contributed by atoms with Crippen LogP contribution in [0.1, 0.15) is 5.56 Å². The fraction of sp³-hybridized carbons (Fsp3) is 0.273. The second-order valence-electron chi connectivity index (χ2n) is 7.25. The molecule has 0 radical (unpaired) electrons. The van der Waals surface area contributed by atoms with E-state index in [1.807, 2.05) is 11.4 Å². The van der Waals surface area contributed by atoms with Crippen molar-refractivity contribution in [1.29, 1.82) is 0 Å². The van der Waals surface area contributed by atoms with Crippen molar-refractivity contribution in [2.45, 2.75) is 11.8 Å². The summed E-state index contributed by atoms with van der Waals surface area (Å²) >= 11 is 1.48. The van der Waals surface area contributed by atoms with Gasteiger partial charge in [0, 0.05) is 32.1 Å². The third kappa shape index (κ3) is 5.62. The predicted octanol–water partition coefficient (Wildman–Crippen LogP) is 3.44. The average molecular weight is 491 g/mol. The lowest BCUT2D eigenvalue weighted by Crippen LogP contribution is -2.22. The molecule has 0 bridgehead atoms. The van der Waals surface area contributed by atoms with Crippen molar-refractivity contribution in [3.8, 4) is 22.8 Å². The van der Waals surface area contributed by atoms with Gasteiger partial charge in [-0.3, -0.25) is 4.79 Å². The van der Waals surface area contributed by atoms with Crippen LogP contribution in [0.5, 0.6) is 11.5 Å². The molecule has 0 unspecified atom stereocenters. The van der Waals surface area contributed by atoms with Crippen LogP contribution in [0.2, 0.25) is 0 Å². The number of carbonyl (C=O) groups is 1.